The van der Waals surface area contributed by atoms with Gasteiger partial charge in [0.25, 0.3) is 0 Å². The van der Waals surface area contributed by atoms with Crippen LogP contribution in [0.25, 0.3) is 0 Å². The average Bonchev–Trinajstić information content (AvgIpc) is 3.25. The normalized spacial score (nSPS) is 22.6. The summed E-state index contributed by atoms with van der Waals surface area (Å²) < 4.78 is 5.53. The van der Waals surface area contributed by atoms with E-state index in [0.717, 1.165) is 47.7 Å². The Balaban J connectivity index is 2.21. The Morgan fingerprint density at radius 3 is 2.65 bits per heavy atom. The van der Waals surface area contributed by atoms with Gasteiger partial charge >= 0.3 is 5.97 Å². The highest BCUT2D eigenvalue weighted by molar-refractivity contribution is 7.09. The number of aryl methyl sites for hydroxylation is 1. The van der Waals surface area contributed by atoms with Gasteiger partial charge in [-0.05, 0) is 61.1 Å². The molecule has 0 aliphatic carbocycles. The number of esters is 1. The maximum atomic E-state index is 12.7. The van der Waals surface area contributed by atoms with E-state index in [-0.39, 0.29) is 24.0 Å². The third-order valence-electron chi connectivity index (χ3n) is 5.81. The molecule has 2 heterocycles. The predicted octanol–water partition coefficient (Wildman–Crippen LogP) is 5.73. The van der Waals surface area contributed by atoms with Crippen LogP contribution in [0.1, 0.15) is 64.1 Å². The molecule has 0 fully saturated rings. The number of carbonyl (C=O) groups excluding carboxylic acids is 2. The standard InChI is InChI=1S/C30H43N3O3S/c1-22(16-17-33(5)6)14-15-24(3)19-27-20-29-32-26(21-37-29)11-7-8-13-30(35)36-25(4)18-23(2)10-9-12-28(34)31-27/h9-10,12,14-16,19,21,25,27H,7-8,11,13,17-18,20H2,1-6H3,(H,31,34)/b12-9-,15-14+,22-16+,23-10?,24-19+/t25-,27?/m0/s1. The van der Waals surface area contributed by atoms with Crippen molar-refractivity contribution in [2.24, 2.45) is 0 Å². The van der Waals surface area contributed by atoms with Crippen molar-refractivity contribution < 1.29 is 14.3 Å². The van der Waals surface area contributed by atoms with Crippen LogP contribution >= 0.6 is 11.3 Å². The molecular weight excluding hydrogens is 482 g/mol. The van der Waals surface area contributed by atoms with Crippen LogP contribution in [0.2, 0.25) is 0 Å². The molecule has 1 aliphatic rings. The zero-order chi connectivity index (χ0) is 27.2. The minimum atomic E-state index is -0.193. The average molecular weight is 526 g/mol. The molecule has 2 bridgehead atoms. The number of aromatic nitrogens is 1. The lowest BCUT2D eigenvalue weighted by atomic mass is 10.1. The van der Waals surface area contributed by atoms with Gasteiger partial charge in [-0.15, -0.1) is 11.3 Å². The number of fused-ring (bicyclic) bond motifs is 2. The molecule has 0 aromatic carbocycles. The zero-order valence-corrected chi connectivity index (χ0v) is 24.1. The highest BCUT2D eigenvalue weighted by Crippen LogP contribution is 2.17. The van der Waals surface area contributed by atoms with Crippen molar-refractivity contribution in [2.45, 2.75) is 78.4 Å². The van der Waals surface area contributed by atoms with Crippen molar-refractivity contribution in [1.29, 1.82) is 0 Å². The highest BCUT2D eigenvalue weighted by Gasteiger charge is 2.14. The number of amides is 1. The van der Waals surface area contributed by atoms with Crippen LogP contribution in [0.3, 0.4) is 0 Å². The molecule has 0 spiro atoms. The Hall–Kier alpha value is -2.77. The molecule has 1 aliphatic heterocycles. The van der Waals surface area contributed by atoms with E-state index in [4.69, 9.17) is 9.72 Å². The number of nitrogens with one attached hydrogen (secondary N) is 1. The van der Waals surface area contributed by atoms with Crippen molar-refractivity contribution in [3.63, 3.8) is 0 Å². The van der Waals surface area contributed by atoms with Gasteiger partial charge in [-0.25, -0.2) is 4.98 Å². The number of rotatable bonds is 5. The van der Waals surface area contributed by atoms with Gasteiger partial charge in [0.1, 0.15) is 6.10 Å². The fraction of sp³-hybridized carbons (Fsp3) is 0.500. The number of allylic oxidation sites excluding steroid dienone is 6. The van der Waals surface area contributed by atoms with Gasteiger partial charge in [0.15, 0.2) is 0 Å². The van der Waals surface area contributed by atoms with Crippen molar-refractivity contribution >= 4 is 23.2 Å². The van der Waals surface area contributed by atoms with E-state index in [0.29, 0.717) is 19.3 Å². The van der Waals surface area contributed by atoms with E-state index in [1.54, 1.807) is 23.5 Å². The summed E-state index contributed by atoms with van der Waals surface area (Å²) in [5, 5.41) is 6.20. The summed E-state index contributed by atoms with van der Waals surface area (Å²) in [6.45, 7) is 8.92. The number of cyclic esters (lactones) is 1. The van der Waals surface area contributed by atoms with Gasteiger partial charge in [0.2, 0.25) is 5.91 Å². The van der Waals surface area contributed by atoms with Crippen LogP contribution in [0.5, 0.6) is 0 Å². The second-order valence-electron chi connectivity index (χ2n) is 10.1. The van der Waals surface area contributed by atoms with Crippen LogP contribution in [-0.2, 0) is 27.2 Å². The molecule has 2 rings (SSSR count). The van der Waals surface area contributed by atoms with Crippen LogP contribution < -0.4 is 5.32 Å². The van der Waals surface area contributed by atoms with Crippen molar-refractivity contribution in [3.05, 3.63) is 75.3 Å². The third kappa shape index (κ3) is 13.4. The topological polar surface area (TPSA) is 71.5 Å². The summed E-state index contributed by atoms with van der Waals surface area (Å²) in [4.78, 5) is 31.8. The first kappa shape index (κ1) is 30.5. The molecule has 202 valence electrons. The molecule has 6 nitrogen and oxygen atoms in total. The molecule has 1 aromatic rings. The predicted molar refractivity (Wildman–Crippen MR) is 154 cm³/mol. The molecular formula is C30H43N3O3S. The Kier molecular flexibility index (Phi) is 13.3. The first-order valence-corrected chi connectivity index (χ1v) is 13.9. The van der Waals surface area contributed by atoms with Gasteiger partial charge in [-0.2, -0.15) is 0 Å². The first-order chi connectivity index (χ1) is 17.6. The van der Waals surface area contributed by atoms with E-state index in [2.05, 4.69) is 53.7 Å². The molecule has 0 radical (unpaired) electrons. The fourth-order valence-corrected chi connectivity index (χ4v) is 4.77. The van der Waals surface area contributed by atoms with E-state index >= 15 is 0 Å². The molecule has 0 saturated heterocycles. The number of hydrogen-bond donors (Lipinski definition) is 1. The highest BCUT2D eigenvalue weighted by atomic mass is 32.1. The largest absolute Gasteiger partial charge is 0.462 e. The van der Waals surface area contributed by atoms with E-state index in [9.17, 15) is 9.59 Å². The summed E-state index contributed by atoms with van der Waals surface area (Å²) >= 11 is 1.62. The summed E-state index contributed by atoms with van der Waals surface area (Å²) in [5.74, 6) is -0.312. The lowest BCUT2D eigenvalue weighted by Crippen LogP contribution is -2.34. The maximum Gasteiger partial charge on any atom is 0.306 e. The van der Waals surface area contributed by atoms with Gasteiger partial charge in [-0.3, -0.25) is 9.59 Å². The van der Waals surface area contributed by atoms with Gasteiger partial charge in [0.05, 0.1) is 16.7 Å². The molecule has 1 unspecified atom stereocenters. The first-order valence-electron chi connectivity index (χ1n) is 13.1. The Labute approximate surface area is 226 Å². The van der Waals surface area contributed by atoms with E-state index < -0.39 is 0 Å². The number of ether oxygens (including phenoxy) is 1. The SMILES string of the molecule is CC1=C/C=C\C(=O)NC(/C=C(C)/C=C/C(C)=C/CN(C)C)Cc2nc(cs2)CCCCC(=O)O[C@@H](C)C1. The maximum absolute atomic E-state index is 12.7. The fourth-order valence-electron chi connectivity index (χ4n) is 3.88. The van der Waals surface area contributed by atoms with Crippen LogP contribution in [-0.4, -0.2) is 54.5 Å². The van der Waals surface area contributed by atoms with E-state index in [1.807, 2.05) is 34.0 Å². The van der Waals surface area contributed by atoms with Gasteiger partial charge in [0, 0.05) is 37.3 Å². The summed E-state index contributed by atoms with van der Waals surface area (Å²) in [5.41, 5.74) is 4.36. The second kappa shape index (κ2) is 16.2. The Morgan fingerprint density at radius 2 is 1.89 bits per heavy atom. The molecule has 2 atom stereocenters. The summed E-state index contributed by atoms with van der Waals surface area (Å²) in [6, 6.07) is -0.176. The number of likely N-dealkylation sites (N-methyl/N-ethyl adjacent to an activating group) is 1. The molecule has 37 heavy (non-hydrogen) atoms. The molecule has 1 aromatic heterocycles. The van der Waals surface area contributed by atoms with Gasteiger partial charge in [-0.1, -0.05) is 53.2 Å². The van der Waals surface area contributed by atoms with Gasteiger partial charge < -0.3 is 15.0 Å². The summed E-state index contributed by atoms with van der Waals surface area (Å²) in [7, 11) is 4.10. The van der Waals surface area contributed by atoms with Crippen LogP contribution in [0, 0.1) is 0 Å². The van der Waals surface area contributed by atoms with E-state index in [1.165, 1.54) is 5.57 Å². The number of thiazole rings is 1. The van der Waals surface area contributed by atoms with Crippen molar-refractivity contribution in [2.75, 3.05) is 20.6 Å². The van der Waals surface area contributed by atoms with Crippen molar-refractivity contribution in [1.82, 2.24) is 15.2 Å². The van der Waals surface area contributed by atoms with Crippen LogP contribution in [0.15, 0.2) is 64.6 Å². The van der Waals surface area contributed by atoms with Crippen molar-refractivity contribution in [3.8, 4) is 0 Å². The Bertz CT molecular complexity index is 1050. The summed E-state index contributed by atoms with van der Waals surface area (Å²) in [6.07, 6.45) is 17.7. The Morgan fingerprint density at radius 1 is 1.16 bits per heavy atom. The monoisotopic (exact) mass is 525 g/mol. The lowest BCUT2D eigenvalue weighted by Gasteiger charge is -2.14. The minimum absolute atomic E-state index is 0.154. The smallest absolute Gasteiger partial charge is 0.306 e. The minimum Gasteiger partial charge on any atom is -0.462 e. The second-order valence-corrected chi connectivity index (χ2v) is 11.0. The molecule has 7 heteroatoms. The quantitative estimate of drug-likeness (QED) is 0.393. The molecule has 0 saturated carbocycles. The number of hydrogen-bond acceptors (Lipinski definition) is 6. The lowest BCUT2D eigenvalue weighted by molar-refractivity contribution is -0.148. The third-order valence-corrected chi connectivity index (χ3v) is 6.73. The zero-order valence-electron chi connectivity index (χ0n) is 23.3. The molecule has 1 amide bonds. The molecule has 1 N–H and O–H groups in total. The van der Waals surface area contributed by atoms with Crippen LogP contribution in [0.4, 0.5) is 0 Å². The number of carbonyl (C=O) groups is 2. The number of nitrogens with zero attached hydrogens (tertiary/aromatic N) is 2.